The van der Waals surface area contributed by atoms with E-state index < -0.39 is 0 Å². The van der Waals surface area contributed by atoms with E-state index in [2.05, 4.69) is 25.2 Å². The molecule has 3 rings (SSSR count). The summed E-state index contributed by atoms with van der Waals surface area (Å²) in [6.07, 6.45) is 5.73. The third-order valence-electron chi connectivity index (χ3n) is 3.48. The molecular formula is C14H17N5OS. The van der Waals surface area contributed by atoms with Crippen LogP contribution in [-0.4, -0.2) is 33.9 Å². The van der Waals surface area contributed by atoms with E-state index in [1.807, 2.05) is 11.4 Å². The van der Waals surface area contributed by atoms with E-state index in [4.69, 9.17) is 0 Å². The predicted molar refractivity (Wildman–Crippen MR) is 82.6 cm³/mol. The largest absolute Gasteiger partial charge is 0.340 e. The monoisotopic (exact) mass is 303 g/mol. The van der Waals surface area contributed by atoms with Gasteiger partial charge in [0.2, 0.25) is 11.9 Å². The number of rotatable bonds is 3. The summed E-state index contributed by atoms with van der Waals surface area (Å²) in [7, 11) is 0. The molecule has 2 aromatic rings. The van der Waals surface area contributed by atoms with Gasteiger partial charge in [0.25, 0.3) is 0 Å². The molecule has 0 radical (unpaired) electrons. The minimum absolute atomic E-state index is 0.0844. The maximum absolute atomic E-state index is 11.1. The molecule has 2 aromatic heterocycles. The van der Waals surface area contributed by atoms with Gasteiger partial charge in [-0.2, -0.15) is 0 Å². The number of carbonyl (C=O) groups excluding carboxylic acids is 1. The van der Waals surface area contributed by atoms with Crippen molar-refractivity contribution in [2.75, 3.05) is 23.3 Å². The van der Waals surface area contributed by atoms with Gasteiger partial charge < -0.3 is 10.2 Å². The number of piperidine rings is 1. The summed E-state index contributed by atoms with van der Waals surface area (Å²) in [5, 5.41) is 5.44. The van der Waals surface area contributed by atoms with E-state index in [0.717, 1.165) is 37.6 Å². The van der Waals surface area contributed by atoms with Gasteiger partial charge in [0.1, 0.15) is 0 Å². The lowest BCUT2D eigenvalue weighted by Gasteiger charge is -2.31. The van der Waals surface area contributed by atoms with Crippen LogP contribution in [0.15, 0.2) is 23.8 Å². The Bertz CT molecular complexity index is 615. The number of thiazole rings is 1. The van der Waals surface area contributed by atoms with Crippen LogP contribution in [0.25, 0.3) is 0 Å². The molecule has 0 aromatic carbocycles. The first kappa shape index (κ1) is 13.9. The van der Waals surface area contributed by atoms with Crippen molar-refractivity contribution in [1.82, 2.24) is 15.0 Å². The lowest BCUT2D eigenvalue weighted by molar-refractivity contribution is -0.114. The van der Waals surface area contributed by atoms with Gasteiger partial charge in [-0.1, -0.05) is 0 Å². The molecule has 6 nitrogen and oxygen atoms in total. The minimum atomic E-state index is -0.0844. The first-order valence-electron chi connectivity index (χ1n) is 6.97. The number of hydrogen-bond acceptors (Lipinski definition) is 6. The zero-order chi connectivity index (χ0) is 14.7. The van der Waals surface area contributed by atoms with Gasteiger partial charge in [0, 0.05) is 43.7 Å². The number of anilines is 2. The molecule has 1 amide bonds. The van der Waals surface area contributed by atoms with E-state index in [-0.39, 0.29) is 5.91 Å². The zero-order valence-corrected chi connectivity index (χ0v) is 12.6. The van der Waals surface area contributed by atoms with Crippen molar-refractivity contribution in [2.24, 2.45) is 0 Å². The maximum atomic E-state index is 11.1. The van der Waals surface area contributed by atoms with Crippen LogP contribution >= 0.6 is 11.3 Å². The Morgan fingerprint density at radius 1 is 1.43 bits per heavy atom. The van der Waals surface area contributed by atoms with E-state index >= 15 is 0 Å². The van der Waals surface area contributed by atoms with Gasteiger partial charge in [0.05, 0.1) is 5.69 Å². The Morgan fingerprint density at radius 2 is 2.24 bits per heavy atom. The van der Waals surface area contributed by atoms with Crippen molar-refractivity contribution < 1.29 is 4.79 Å². The molecule has 7 heteroatoms. The molecule has 0 saturated carbocycles. The molecule has 110 valence electrons. The molecule has 0 bridgehead atoms. The number of hydrogen-bond donors (Lipinski definition) is 1. The first-order valence-corrected chi connectivity index (χ1v) is 7.85. The van der Waals surface area contributed by atoms with Crippen LogP contribution in [0.2, 0.25) is 0 Å². The van der Waals surface area contributed by atoms with Crippen molar-refractivity contribution in [2.45, 2.75) is 25.7 Å². The molecule has 0 unspecified atom stereocenters. The average Bonchev–Trinajstić information content (AvgIpc) is 2.96. The van der Waals surface area contributed by atoms with Crippen LogP contribution in [-0.2, 0) is 4.79 Å². The standard InChI is InChI=1S/C14H17N5OS/c1-10(20)17-14-18-12(9-21-14)11-4-2-7-19(8-11)13-15-5-3-6-16-13/h3,5-6,9,11H,2,4,7-8H2,1H3,(H,17,18,20)/t11-/m1/s1. The number of aromatic nitrogens is 3. The molecule has 1 fully saturated rings. The SMILES string of the molecule is CC(=O)Nc1nc([C@@H]2CCCN(c3ncccn3)C2)cs1. The summed E-state index contributed by atoms with van der Waals surface area (Å²) in [5.41, 5.74) is 1.05. The second kappa shape index (κ2) is 6.17. The van der Waals surface area contributed by atoms with Gasteiger partial charge in [-0.15, -0.1) is 11.3 Å². The van der Waals surface area contributed by atoms with Crippen molar-refractivity contribution in [3.63, 3.8) is 0 Å². The molecule has 1 saturated heterocycles. The Labute approximate surface area is 127 Å². The quantitative estimate of drug-likeness (QED) is 0.942. The van der Waals surface area contributed by atoms with Gasteiger partial charge in [-0.25, -0.2) is 15.0 Å². The van der Waals surface area contributed by atoms with Crippen LogP contribution in [0, 0.1) is 0 Å². The van der Waals surface area contributed by atoms with Crippen molar-refractivity contribution in [3.05, 3.63) is 29.5 Å². The van der Waals surface area contributed by atoms with Crippen molar-refractivity contribution in [1.29, 1.82) is 0 Å². The second-order valence-electron chi connectivity index (χ2n) is 5.09. The highest BCUT2D eigenvalue weighted by atomic mass is 32.1. The molecule has 1 N–H and O–H groups in total. The lowest BCUT2D eigenvalue weighted by Crippen LogP contribution is -2.35. The van der Waals surface area contributed by atoms with Gasteiger partial charge >= 0.3 is 0 Å². The number of nitrogens with one attached hydrogen (secondary N) is 1. The third-order valence-corrected chi connectivity index (χ3v) is 4.26. The number of carbonyl (C=O) groups is 1. The van der Waals surface area contributed by atoms with Crippen molar-refractivity contribution in [3.8, 4) is 0 Å². The van der Waals surface area contributed by atoms with Gasteiger partial charge in [-0.05, 0) is 18.9 Å². The fourth-order valence-corrected chi connectivity index (χ4v) is 3.37. The lowest BCUT2D eigenvalue weighted by atomic mass is 9.96. The molecule has 0 spiro atoms. The molecular weight excluding hydrogens is 286 g/mol. The molecule has 1 atom stereocenters. The molecule has 1 aliphatic rings. The summed E-state index contributed by atoms with van der Waals surface area (Å²) < 4.78 is 0. The van der Waals surface area contributed by atoms with E-state index in [1.54, 1.807) is 12.4 Å². The molecule has 0 aliphatic carbocycles. The average molecular weight is 303 g/mol. The van der Waals surface area contributed by atoms with Crippen LogP contribution in [0.4, 0.5) is 11.1 Å². The summed E-state index contributed by atoms with van der Waals surface area (Å²) in [4.78, 5) is 26.4. The van der Waals surface area contributed by atoms with Crippen molar-refractivity contribution >= 4 is 28.3 Å². The van der Waals surface area contributed by atoms with Gasteiger partial charge in [-0.3, -0.25) is 4.79 Å². The molecule has 1 aliphatic heterocycles. The Hall–Kier alpha value is -2.02. The summed E-state index contributed by atoms with van der Waals surface area (Å²) in [5.74, 6) is 1.06. The third kappa shape index (κ3) is 3.36. The van der Waals surface area contributed by atoms with Crippen LogP contribution in [0.5, 0.6) is 0 Å². The fourth-order valence-electron chi connectivity index (χ4n) is 2.54. The minimum Gasteiger partial charge on any atom is -0.340 e. The van der Waals surface area contributed by atoms with Crippen LogP contribution < -0.4 is 10.2 Å². The Morgan fingerprint density at radius 3 is 3.00 bits per heavy atom. The highest BCUT2D eigenvalue weighted by molar-refractivity contribution is 7.13. The van der Waals surface area contributed by atoms with E-state index in [1.165, 1.54) is 18.3 Å². The second-order valence-corrected chi connectivity index (χ2v) is 5.95. The smallest absolute Gasteiger partial charge is 0.225 e. The van der Waals surface area contributed by atoms with Gasteiger partial charge in [0.15, 0.2) is 5.13 Å². The summed E-state index contributed by atoms with van der Waals surface area (Å²) in [6, 6.07) is 1.82. The Kier molecular flexibility index (Phi) is 4.10. The van der Waals surface area contributed by atoms with Crippen LogP contribution in [0.1, 0.15) is 31.4 Å². The van der Waals surface area contributed by atoms with E-state index in [9.17, 15) is 4.79 Å². The number of nitrogens with zero attached hydrogens (tertiary/aromatic N) is 4. The molecule has 3 heterocycles. The van der Waals surface area contributed by atoms with E-state index in [0.29, 0.717) is 11.0 Å². The maximum Gasteiger partial charge on any atom is 0.225 e. The highest BCUT2D eigenvalue weighted by Crippen LogP contribution is 2.30. The summed E-state index contributed by atoms with van der Waals surface area (Å²) in [6.45, 7) is 3.34. The fraction of sp³-hybridized carbons (Fsp3) is 0.429. The summed E-state index contributed by atoms with van der Waals surface area (Å²) >= 11 is 1.48. The normalized spacial score (nSPS) is 18.5. The highest BCUT2D eigenvalue weighted by Gasteiger charge is 2.24. The topological polar surface area (TPSA) is 71.0 Å². The van der Waals surface area contributed by atoms with Crippen LogP contribution in [0.3, 0.4) is 0 Å². The zero-order valence-electron chi connectivity index (χ0n) is 11.8. The predicted octanol–water partition coefficient (Wildman–Crippen LogP) is 2.28. The molecule has 21 heavy (non-hydrogen) atoms. The Balaban J connectivity index is 1.71. The number of amides is 1. The first-order chi connectivity index (χ1) is 10.2.